The van der Waals surface area contributed by atoms with Crippen LogP contribution in [-0.4, -0.2) is 72.1 Å². The van der Waals surface area contributed by atoms with Gasteiger partial charge in [-0.2, -0.15) is 0 Å². The molecule has 2 aliphatic heterocycles. The number of nitrogens with zero attached hydrogens (tertiary/aromatic N) is 5. The predicted molar refractivity (Wildman–Crippen MR) is 172 cm³/mol. The summed E-state index contributed by atoms with van der Waals surface area (Å²) >= 11 is 5.07. The number of carbonyl (C=O) groups excluding carboxylic acids is 2. The summed E-state index contributed by atoms with van der Waals surface area (Å²) in [6, 6.07) is 9.01. The van der Waals surface area contributed by atoms with Gasteiger partial charge < -0.3 is 33.9 Å². The van der Waals surface area contributed by atoms with Crippen molar-refractivity contribution in [1.29, 1.82) is 0 Å². The van der Waals surface area contributed by atoms with Crippen LogP contribution in [0.25, 0.3) is 11.2 Å². The minimum atomic E-state index is -4.80. The summed E-state index contributed by atoms with van der Waals surface area (Å²) in [6.45, 7) is 3.29. The Labute approximate surface area is 281 Å². The van der Waals surface area contributed by atoms with Crippen molar-refractivity contribution in [2.24, 2.45) is 5.92 Å². The third kappa shape index (κ3) is 7.65. The van der Waals surface area contributed by atoms with E-state index in [1.165, 1.54) is 43.2 Å². The van der Waals surface area contributed by atoms with Gasteiger partial charge in [-0.05, 0) is 78.4 Å². The number of anilines is 1. The summed E-state index contributed by atoms with van der Waals surface area (Å²) in [5.41, 5.74) is 7.31. The number of piperidine rings is 1. The highest BCUT2D eigenvalue weighted by molar-refractivity contribution is 9.10. The first kappa shape index (κ1) is 33.0. The summed E-state index contributed by atoms with van der Waals surface area (Å²) in [5.74, 6) is 0.619. The third-order valence-electron chi connectivity index (χ3n) is 7.77. The van der Waals surface area contributed by atoms with Gasteiger partial charge in [0.1, 0.15) is 12.1 Å². The highest BCUT2D eigenvalue weighted by Gasteiger charge is 2.29. The van der Waals surface area contributed by atoms with Crippen molar-refractivity contribution >= 4 is 64.4 Å². The Kier molecular flexibility index (Phi) is 9.62. The molecule has 0 spiro atoms. The van der Waals surface area contributed by atoms with Gasteiger partial charge in [0.05, 0.1) is 5.56 Å². The number of halogens is 1. The van der Waals surface area contributed by atoms with E-state index in [4.69, 9.17) is 34.7 Å². The van der Waals surface area contributed by atoms with Crippen LogP contribution in [0.3, 0.4) is 0 Å². The molecular formula is C29H30BrN6O9PS. The number of phosphoric acid groups is 1. The summed E-state index contributed by atoms with van der Waals surface area (Å²) in [6.07, 6.45) is 2.70. The Morgan fingerprint density at radius 3 is 2.66 bits per heavy atom. The second-order valence-electron chi connectivity index (χ2n) is 10.9. The van der Waals surface area contributed by atoms with Crippen LogP contribution in [0, 0.1) is 5.92 Å². The zero-order chi connectivity index (χ0) is 33.3. The summed E-state index contributed by atoms with van der Waals surface area (Å²) in [5, 5.41) is 0.703. The molecule has 0 aliphatic carbocycles. The van der Waals surface area contributed by atoms with Crippen molar-refractivity contribution in [3.05, 3.63) is 52.8 Å². The number of benzene rings is 2. The fourth-order valence-corrected chi connectivity index (χ4v) is 7.29. The standard InChI is InChI=1S/C29H30BrN6O9PS/c1-16(44-28(38)18-3-2-4-19(11-18)45-46(39,40)41)27(37)35-8-5-17(6-9-35)7-10-36-26-24(25(31)32-14-33-26)34-29(36)47-23-13-22-21(12-20(23)30)42-15-43-22/h2-4,11-14,16-17H,5-10,15H2,1H3,(H2,31,32,33)(H2,39,40,41). The van der Waals surface area contributed by atoms with Crippen molar-refractivity contribution in [3.8, 4) is 17.2 Å². The van der Waals surface area contributed by atoms with Crippen molar-refractivity contribution in [2.75, 3.05) is 25.6 Å². The summed E-state index contributed by atoms with van der Waals surface area (Å²) in [7, 11) is -4.80. The number of aryl methyl sites for hydroxylation is 1. The van der Waals surface area contributed by atoms with E-state index in [1.807, 2.05) is 16.7 Å². The molecule has 1 amide bonds. The number of fused-ring (bicyclic) bond motifs is 2. The maximum Gasteiger partial charge on any atom is 0.524 e. The van der Waals surface area contributed by atoms with Gasteiger partial charge in [0.15, 0.2) is 39.7 Å². The topological polar surface area (TPSA) is 201 Å². The Hall–Kier alpha value is -3.89. The van der Waals surface area contributed by atoms with E-state index < -0.39 is 19.9 Å². The molecule has 1 fully saturated rings. The third-order valence-corrected chi connectivity index (χ3v) is 10.2. The van der Waals surface area contributed by atoms with E-state index in [2.05, 4.69) is 30.4 Å². The lowest BCUT2D eigenvalue weighted by Gasteiger charge is -2.33. The smallest absolute Gasteiger partial charge is 0.454 e. The Morgan fingerprint density at radius 2 is 1.91 bits per heavy atom. The lowest BCUT2D eigenvalue weighted by Crippen LogP contribution is -2.44. The number of rotatable bonds is 10. The molecule has 15 nitrogen and oxygen atoms in total. The van der Waals surface area contributed by atoms with Gasteiger partial charge in [-0.15, -0.1) is 0 Å². The van der Waals surface area contributed by atoms with Gasteiger partial charge in [-0.1, -0.05) is 17.8 Å². The second kappa shape index (κ2) is 13.7. The monoisotopic (exact) mass is 748 g/mol. The maximum atomic E-state index is 13.1. The molecule has 18 heteroatoms. The van der Waals surface area contributed by atoms with E-state index >= 15 is 0 Å². The average molecular weight is 750 g/mol. The molecule has 1 unspecified atom stereocenters. The SMILES string of the molecule is CC(OC(=O)c1cccc(OP(=O)(O)O)c1)C(=O)N1CCC(CCn2c(Sc3cc4c(cc3Br)OCO4)nc3c(N)ncnc32)CC1. The molecule has 248 valence electrons. The fraction of sp³-hybridized carbons (Fsp3) is 0.345. The van der Waals surface area contributed by atoms with Gasteiger partial charge in [-0.3, -0.25) is 14.6 Å². The van der Waals surface area contributed by atoms with Crippen LogP contribution in [-0.2, 0) is 20.6 Å². The molecule has 4 N–H and O–H groups in total. The van der Waals surface area contributed by atoms with Crippen LogP contribution >= 0.6 is 35.5 Å². The zero-order valence-electron chi connectivity index (χ0n) is 24.9. The molecule has 47 heavy (non-hydrogen) atoms. The Bertz CT molecular complexity index is 1880. The Morgan fingerprint density at radius 1 is 1.17 bits per heavy atom. The number of hydrogen-bond donors (Lipinski definition) is 3. The van der Waals surface area contributed by atoms with Gasteiger partial charge >= 0.3 is 13.8 Å². The number of imidazole rings is 1. The van der Waals surface area contributed by atoms with E-state index in [0.29, 0.717) is 59.2 Å². The summed E-state index contributed by atoms with van der Waals surface area (Å²) < 4.78 is 34.9. The number of esters is 1. The molecule has 2 aromatic carbocycles. The minimum absolute atomic E-state index is 0.00299. The lowest BCUT2D eigenvalue weighted by atomic mass is 9.93. The number of ether oxygens (including phenoxy) is 3. The maximum absolute atomic E-state index is 13.1. The van der Waals surface area contributed by atoms with E-state index in [9.17, 15) is 14.2 Å². The predicted octanol–water partition coefficient (Wildman–Crippen LogP) is 4.40. The van der Waals surface area contributed by atoms with Crippen LogP contribution in [0.4, 0.5) is 5.82 Å². The zero-order valence-corrected chi connectivity index (χ0v) is 28.2. The number of phosphoric ester groups is 1. The largest absolute Gasteiger partial charge is 0.524 e. The van der Waals surface area contributed by atoms with Gasteiger partial charge in [0, 0.05) is 29.0 Å². The first-order valence-corrected chi connectivity index (χ1v) is 17.7. The van der Waals surface area contributed by atoms with Crippen molar-refractivity contribution in [3.63, 3.8) is 0 Å². The second-order valence-corrected chi connectivity index (χ2v) is 14.0. The average Bonchev–Trinajstić information content (AvgIpc) is 3.63. The quantitative estimate of drug-likeness (QED) is 0.152. The highest BCUT2D eigenvalue weighted by atomic mass is 79.9. The molecular weight excluding hydrogens is 719 g/mol. The number of nitrogens with two attached hydrogens (primary N) is 1. The van der Waals surface area contributed by atoms with Crippen molar-refractivity contribution < 1.29 is 42.7 Å². The number of hydrogen-bond acceptors (Lipinski definition) is 12. The molecule has 0 saturated carbocycles. The molecule has 2 aliphatic rings. The van der Waals surface area contributed by atoms with Crippen LogP contribution in [0.5, 0.6) is 17.2 Å². The normalized spacial score (nSPS) is 15.5. The fourth-order valence-electron chi connectivity index (χ4n) is 5.40. The molecule has 6 rings (SSSR count). The van der Waals surface area contributed by atoms with Crippen LogP contribution in [0.2, 0.25) is 0 Å². The van der Waals surface area contributed by atoms with Crippen molar-refractivity contribution in [2.45, 2.75) is 48.9 Å². The molecule has 1 saturated heterocycles. The van der Waals surface area contributed by atoms with Crippen LogP contribution in [0.1, 0.15) is 36.5 Å². The first-order chi connectivity index (χ1) is 22.4. The number of likely N-dealkylation sites (tertiary alicyclic amines) is 1. The van der Waals surface area contributed by atoms with E-state index in [0.717, 1.165) is 34.7 Å². The number of aromatic nitrogens is 4. The summed E-state index contributed by atoms with van der Waals surface area (Å²) in [4.78, 5) is 59.7. The number of nitrogen functional groups attached to an aromatic ring is 1. The van der Waals surface area contributed by atoms with E-state index in [-0.39, 0.29) is 24.0 Å². The van der Waals surface area contributed by atoms with Gasteiger partial charge in [0.2, 0.25) is 6.79 Å². The Balaban J connectivity index is 1.06. The van der Waals surface area contributed by atoms with Gasteiger partial charge in [0.25, 0.3) is 5.91 Å². The molecule has 1 atom stereocenters. The van der Waals surface area contributed by atoms with E-state index in [1.54, 1.807) is 4.90 Å². The highest BCUT2D eigenvalue weighted by Crippen LogP contribution is 2.43. The minimum Gasteiger partial charge on any atom is -0.454 e. The van der Waals surface area contributed by atoms with Crippen LogP contribution in [0.15, 0.2) is 57.3 Å². The lowest BCUT2D eigenvalue weighted by molar-refractivity contribution is -0.141. The number of carbonyl (C=O) groups is 2. The molecule has 0 radical (unpaired) electrons. The molecule has 4 aromatic rings. The molecule has 2 aromatic heterocycles. The first-order valence-electron chi connectivity index (χ1n) is 14.5. The number of amides is 1. The van der Waals surface area contributed by atoms with Crippen LogP contribution < -0.4 is 19.7 Å². The molecule has 4 heterocycles. The molecule has 0 bridgehead atoms. The van der Waals surface area contributed by atoms with Gasteiger partial charge in [-0.25, -0.2) is 24.3 Å². The van der Waals surface area contributed by atoms with Crippen molar-refractivity contribution in [1.82, 2.24) is 24.4 Å².